The summed E-state index contributed by atoms with van der Waals surface area (Å²) in [6.45, 7) is 0.727. The zero-order valence-electron chi connectivity index (χ0n) is 12.7. The number of carbonyl (C=O) groups excluding carboxylic acids is 2. The zero-order chi connectivity index (χ0) is 16.7. The monoisotopic (exact) mass is 319 g/mol. The third-order valence-corrected chi connectivity index (χ3v) is 3.04. The molecule has 6 nitrogen and oxygen atoms in total. The van der Waals surface area contributed by atoms with Crippen LogP contribution in [0.15, 0.2) is 47.1 Å². The number of rotatable bonds is 6. The van der Waals surface area contributed by atoms with Crippen LogP contribution in [0.3, 0.4) is 0 Å². The van der Waals surface area contributed by atoms with Crippen LogP contribution in [-0.4, -0.2) is 30.4 Å². The minimum atomic E-state index is -0.582. The quantitative estimate of drug-likeness (QED) is 0.852. The second-order valence-corrected chi connectivity index (χ2v) is 5.11. The maximum atomic E-state index is 12.8. The Balaban J connectivity index is 1.70. The number of likely N-dealkylation sites (N-methyl/N-ethyl adjacent to an activating group) is 1. The molecule has 23 heavy (non-hydrogen) atoms. The smallest absolute Gasteiger partial charge is 0.321 e. The SMILES string of the molecule is CN(CC(=O)NC(=O)NCc1ccco1)Cc1ccc(F)cc1. The normalized spacial score (nSPS) is 10.6. The Kier molecular flexibility index (Phi) is 5.87. The number of benzene rings is 1. The van der Waals surface area contributed by atoms with Crippen LogP contribution in [0.1, 0.15) is 11.3 Å². The van der Waals surface area contributed by atoms with Crippen LogP contribution in [0.5, 0.6) is 0 Å². The van der Waals surface area contributed by atoms with Crippen molar-refractivity contribution in [3.63, 3.8) is 0 Å². The Morgan fingerprint density at radius 2 is 1.96 bits per heavy atom. The summed E-state index contributed by atoms with van der Waals surface area (Å²) < 4.78 is 17.9. The van der Waals surface area contributed by atoms with Gasteiger partial charge in [0.25, 0.3) is 0 Å². The average Bonchev–Trinajstić information content (AvgIpc) is 3.00. The molecule has 1 aromatic carbocycles. The van der Waals surface area contributed by atoms with E-state index in [1.807, 2.05) is 0 Å². The molecule has 0 atom stereocenters. The van der Waals surface area contributed by atoms with Gasteiger partial charge >= 0.3 is 6.03 Å². The van der Waals surface area contributed by atoms with Crippen molar-refractivity contribution in [2.24, 2.45) is 0 Å². The van der Waals surface area contributed by atoms with Crippen LogP contribution >= 0.6 is 0 Å². The van der Waals surface area contributed by atoms with E-state index in [9.17, 15) is 14.0 Å². The number of halogens is 1. The molecule has 122 valence electrons. The molecule has 2 N–H and O–H groups in total. The van der Waals surface area contributed by atoms with Crippen molar-refractivity contribution in [3.8, 4) is 0 Å². The third kappa shape index (κ3) is 5.91. The van der Waals surface area contributed by atoms with E-state index < -0.39 is 11.9 Å². The highest BCUT2D eigenvalue weighted by Crippen LogP contribution is 2.05. The number of amides is 3. The van der Waals surface area contributed by atoms with Gasteiger partial charge in [0, 0.05) is 6.54 Å². The predicted octanol–water partition coefficient (Wildman–Crippen LogP) is 1.88. The molecular formula is C16H18FN3O3. The fraction of sp³-hybridized carbons (Fsp3) is 0.250. The molecule has 0 fully saturated rings. The molecular weight excluding hydrogens is 301 g/mol. The van der Waals surface area contributed by atoms with E-state index in [-0.39, 0.29) is 18.9 Å². The Bertz CT molecular complexity index is 641. The molecule has 7 heteroatoms. The third-order valence-electron chi connectivity index (χ3n) is 3.04. The number of hydrogen-bond donors (Lipinski definition) is 2. The highest BCUT2D eigenvalue weighted by atomic mass is 19.1. The summed E-state index contributed by atoms with van der Waals surface area (Å²) in [6.07, 6.45) is 1.50. The maximum absolute atomic E-state index is 12.8. The summed E-state index contributed by atoms with van der Waals surface area (Å²) in [7, 11) is 1.74. The Morgan fingerprint density at radius 3 is 2.61 bits per heavy atom. The minimum absolute atomic E-state index is 0.0472. The maximum Gasteiger partial charge on any atom is 0.321 e. The van der Waals surface area contributed by atoms with Gasteiger partial charge in [-0.25, -0.2) is 9.18 Å². The number of nitrogens with zero attached hydrogens (tertiary/aromatic N) is 1. The van der Waals surface area contributed by atoms with Crippen molar-refractivity contribution < 1.29 is 18.4 Å². The number of imide groups is 1. The molecule has 0 saturated heterocycles. The number of carbonyl (C=O) groups is 2. The first-order chi connectivity index (χ1) is 11.0. The Morgan fingerprint density at radius 1 is 1.22 bits per heavy atom. The molecule has 2 aromatic rings. The molecule has 2 rings (SSSR count). The van der Waals surface area contributed by atoms with E-state index in [0.29, 0.717) is 12.3 Å². The fourth-order valence-electron chi connectivity index (χ4n) is 1.99. The summed E-state index contributed by atoms with van der Waals surface area (Å²) in [5, 5.41) is 4.76. The van der Waals surface area contributed by atoms with Crippen molar-refractivity contribution in [3.05, 3.63) is 59.8 Å². The lowest BCUT2D eigenvalue weighted by atomic mass is 10.2. The molecule has 0 aliphatic rings. The van der Waals surface area contributed by atoms with Crippen molar-refractivity contribution in [1.29, 1.82) is 0 Å². The van der Waals surface area contributed by atoms with E-state index in [2.05, 4.69) is 10.6 Å². The standard InChI is InChI=1S/C16H18FN3O3/c1-20(10-12-4-6-13(17)7-5-12)11-15(21)19-16(22)18-9-14-3-2-8-23-14/h2-8H,9-11H2,1H3,(H2,18,19,21,22). The number of furan rings is 1. The van der Waals surface area contributed by atoms with Gasteiger partial charge in [0.1, 0.15) is 11.6 Å². The van der Waals surface area contributed by atoms with Crippen molar-refractivity contribution >= 4 is 11.9 Å². The number of nitrogens with one attached hydrogen (secondary N) is 2. The molecule has 0 aliphatic carbocycles. The highest BCUT2D eigenvalue weighted by molar-refractivity contribution is 5.95. The summed E-state index contributed by atoms with van der Waals surface area (Å²) >= 11 is 0. The van der Waals surface area contributed by atoms with Gasteiger partial charge in [-0.15, -0.1) is 0 Å². The van der Waals surface area contributed by atoms with Gasteiger partial charge < -0.3 is 9.73 Å². The molecule has 0 saturated carbocycles. The van der Waals surface area contributed by atoms with Crippen molar-refractivity contribution in [2.75, 3.05) is 13.6 Å². The molecule has 3 amide bonds. The van der Waals surface area contributed by atoms with E-state index >= 15 is 0 Å². The molecule has 0 spiro atoms. The lowest BCUT2D eigenvalue weighted by molar-refractivity contribution is -0.120. The van der Waals surface area contributed by atoms with Gasteiger partial charge in [0.15, 0.2) is 0 Å². The fourth-order valence-corrected chi connectivity index (χ4v) is 1.99. The number of hydrogen-bond acceptors (Lipinski definition) is 4. The largest absolute Gasteiger partial charge is 0.467 e. The van der Waals surface area contributed by atoms with Gasteiger partial charge in [-0.2, -0.15) is 0 Å². The lowest BCUT2D eigenvalue weighted by Gasteiger charge is -2.16. The summed E-state index contributed by atoms with van der Waals surface area (Å²) in [5.41, 5.74) is 0.879. The molecule has 1 heterocycles. The molecule has 0 radical (unpaired) electrons. The van der Waals surface area contributed by atoms with Gasteiger partial charge in [-0.1, -0.05) is 12.1 Å². The van der Waals surface area contributed by atoms with E-state index in [0.717, 1.165) is 5.56 Å². The zero-order valence-corrected chi connectivity index (χ0v) is 12.7. The molecule has 1 aromatic heterocycles. The van der Waals surface area contributed by atoms with Crippen LogP contribution in [0.2, 0.25) is 0 Å². The second kappa shape index (κ2) is 8.09. The van der Waals surface area contributed by atoms with Gasteiger partial charge in [-0.3, -0.25) is 15.0 Å². The van der Waals surface area contributed by atoms with Gasteiger partial charge in [0.05, 0.1) is 19.4 Å². The highest BCUT2D eigenvalue weighted by Gasteiger charge is 2.11. The van der Waals surface area contributed by atoms with Gasteiger partial charge in [0.2, 0.25) is 5.91 Å². The first kappa shape index (κ1) is 16.7. The first-order valence-electron chi connectivity index (χ1n) is 7.06. The second-order valence-electron chi connectivity index (χ2n) is 5.11. The lowest BCUT2D eigenvalue weighted by Crippen LogP contribution is -2.43. The minimum Gasteiger partial charge on any atom is -0.467 e. The van der Waals surface area contributed by atoms with Crippen LogP contribution in [0.4, 0.5) is 9.18 Å². The molecule has 0 bridgehead atoms. The van der Waals surface area contributed by atoms with Crippen LogP contribution in [-0.2, 0) is 17.9 Å². The van der Waals surface area contributed by atoms with Crippen molar-refractivity contribution in [1.82, 2.24) is 15.5 Å². The number of urea groups is 1. The van der Waals surface area contributed by atoms with Gasteiger partial charge in [-0.05, 0) is 36.9 Å². The van der Waals surface area contributed by atoms with Crippen LogP contribution in [0.25, 0.3) is 0 Å². The molecule has 0 unspecified atom stereocenters. The van der Waals surface area contributed by atoms with Crippen molar-refractivity contribution in [2.45, 2.75) is 13.1 Å². The van der Waals surface area contributed by atoms with E-state index in [1.54, 1.807) is 36.2 Å². The summed E-state index contributed by atoms with van der Waals surface area (Å²) in [5.74, 6) is -0.130. The van der Waals surface area contributed by atoms with E-state index in [4.69, 9.17) is 4.42 Å². The Labute approximate surface area is 133 Å². The van der Waals surface area contributed by atoms with E-state index in [1.165, 1.54) is 18.4 Å². The molecule has 0 aliphatic heterocycles. The predicted molar refractivity (Wildman–Crippen MR) is 81.8 cm³/mol. The van der Waals surface area contributed by atoms with Crippen LogP contribution in [0, 0.1) is 5.82 Å². The summed E-state index contributed by atoms with van der Waals surface area (Å²) in [6, 6.07) is 8.89. The Hall–Kier alpha value is -2.67. The average molecular weight is 319 g/mol. The first-order valence-corrected chi connectivity index (χ1v) is 7.06. The van der Waals surface area contributed by atoms with Crippen LogP contribution < -0.4 is 10.6 Å². The topological polar surface area (TPSA) is 74.6 Å². The summed E-state index contributed by atoms with van der Waals surface area (Å²) in [4.78, 5) is 25.1.